The number of hydrogen-bond donors (Lipinski definition) is 2. The minimum Gasteiger partial charge on any atom is -0.380 e. The fraction of sp³-hybridized carbons (Fsp3) is 0.294. The molecule has 0 saturated carbocycles. The first-order chi connectivity index (χ1) is 11.6. The van der Waals surface area contributed by atoms with Crippen molar-refractivity contribution in [1.29, 1.82) is 0 Å². The molecule has 0 saturated heterocycles. The summed E-state index contributed by atoms with van der Waals surface area (Å²) in [5.74, 6) is 0. The van der Waals surface area contributed by atoms with E-state index in [4.69, 9.17) is 0 Å². The number of para-hydroxylation sites is 1. The highest BCUT2D eigenvalue weighted by Gasteiger charge is 2.33. The highest BCUT2D eigenvalue weighted by molar-refractivity contribution is 7.93. The monoisotopic (exact) mass is 372 g/mol. The molecule has 2 aromatic carbocycles. The van der Waals surface area contributed by atoms with E-state index in [0.29, 0.717) is 5.69 Å². The maximum absolute atomic E-state index is 12.9. The van der Waals surface area contributed by atoms with Crippen molar-refractivity contribution in [1.82, 2.24) is 0 Å². The van der Waals surface area contributed by atoms with Crippen LogP contribution in [0.2, 0.25) is 0 Å². The van der Waals surface area contributed by atoms with Gasteiger partial charge in [-0.2, -0.15) is 13.2 Å². The molecule has 0 aliphatic rings. The van der Waals surface area contributed by atoms with Crippen molar-refractivity contribution in [2.75, 3.05) is 10.0 Å². The number of hydrogen-bond acceptors (Lipinski definition) is 3. The first-order valence-electron chi connectivity index (χ1n) is 7.60. The molecule has 2 rings (SSSR count). The van der Waals surface area contributed by atoms with Gasteiger partial charge in [0, 0.05) is 17.9 Å². The van der Waals surface area contributed by atoms with E-state index < -0.39 is 27.0 Å². The summed E-state index contributed by atoms with van der Waals surface area (Å²) in [4.78, 5) is 0. The van der Waals surface area contributed by atoms with Crippen molar-refractivity contribution in [3.63, 3.8) is 0 Å². The Morgan fingerprint density at radius 2 is 1.60 bits per heavy atom. The van der Waals surface area contributed by atoms with E-state index in [0.717, 1.165) is 11.6 Å². The molecule has 0 radical (unpaired) electrons. The van der Waals surface area contributed by atoms with E-state index >= 15 is 0 Å². The van der Waals surface area contributed by atoms with Crippen LogP contribution in [-0.4, -0.2) is 13.7 Å². The predicted octanol–water partition coefficient (Wildman–Crippen LogP) is 4.47. The molecule has 0 fully saturated rings. The zero-order valence-corrected chi connectivity index (χ0v) is 14.6. The molecular formula is C17H19F3N2O2S. The third kappa shape index (κ3) is 5.12. The van der Waals surface area contributed by atoms with Crippen LogP contribution in [-0.2, 0) is 22.7 Å². The Kier molecular flexibility index (Phi) is 5.62. The molecule has 2 aromatic rings. The molecular weight excluding hydrogens is 353 g/mol. The van der Waals surface area contributed by atoms with Gasteiger partial charge < -0.3 is 5.32 Å². The highest BCUT2D eigenvalue weighted by Crippen LogP contribution is 2.34. The third-order valence-electron chi connectivity index (χ3n) is 3.55. The summed E-state index contributed by atoms with van der Waals surface area (Å²) < 4.78 is 64.9. The molecule has 0 bridgehead atoms. The van der Waals surface area contributed by atoms with Gasteiger partial charge in [-0.15, -0.1) is 0 Å². The Morgan fingerprint density at radius 3 is 2.16 bits per heavy atom. The number of alkyl halides is 3. The quantitative estimate of drug-likeness (QED) is 0.787. The van der Waals surface area contributed by atoms with E-state index in [1.54, 1.807) is 38.1 Å². The normalized spacial score (nSPS) is 12.2. The van der Waals surface area contributed by atoms with E-state index in [1.165, 1.54) is 18.2 Å². The third-order valence-corrected chi connectivity index (χ3v) is 5.31. The van der Waals surface area contributed by atoms with E-state index in [1.807, 2.05) is 0 Å². The van der Waals surface area contributed by atoms with Gasteiger partial charge in [-0.25, -0.2) is 8.42 Å². The number of benzene rings is 2. The van der Waals surface area contributed by atoms with Crippen LogP contribution in [0.5, 0.6) is 0 Å². The first kappa shape index (κ1) is 19.1. The van der Waals surface area contributed by atoms with Gasteiger partial charge in [0.25, 0.3) is 0 Å². The fourth-order valence-corrected chi connectivity index (χ4v) is 2.75. The molecule has 0 aliphatic carbocycles. The average molecular weight is 372 g/mol. The highest BCUT2D eigenvalue weighted by atomic mass is 32.2. The molecule has 0 spiro atoms. The number of sulfonamides is 1. The second kappa shape index (κ2) is 7.35. The molecule has 2 N–H and O–H groups in total. The molecule has 0 amide bonds. The van der Waals surface area contributed by atoms with Gasteiger partial charge in [0.2, 0.25) is 10.0 Å². The van der Waals surface area contributed by atoms with Gasteiger partial charge in [-0.3, -0.25) is 4.72 Å². The molecule has 4 nitrogen and oxygen atoms in total. The Morgan fingerprint density at radius 1 is 1.00 bits per heavy atom. The van der Waals surface area contributed by atoms with Gasteiger partial charge in [0.05, 0.1) is 10.8 Å². The first-order valence-corrected chi connectivity index (χ1v) is 9.15. The molecule has 25 heavy (non-hydrogen) atoms. The second-order valence-electron chi connectivity index (χ2n) is 5.79. The Balaban J connectivity index is 2.06. The van der Waals surface area contributed by atoms with Crippen molar-refractivity contribution in [3.8, 4) is 0 Å². The summed E-state index contributed by atoms with van der Waals surface area (Å²) in [5.41, 5.74) is 0.411. The van der Waals surface area contributed by atoms with Crippen LogP contribution in [0, 0.1) is 0 Å². The lowest BCUT2D eigenvalue weighted by Crippen LogP contribution is -2.22. The zero-order valence-electron chi connectivity index (χ0n) is 13.8. The zero-order chi connectivity index (χ0) is 18.7. The number of nitrogens with one attached hydrogen (secondary N) is 2. The van der Waals surface area contributed by atoms with Crippen LogP contribution >= 0.6 is 0 Å². The number of halogens is 3. The Bertz CT molecular complexity index is 817. The maximum Gasteiger partial charge on any atom is 0.418 e. The summed E-state index contributed by atoms with van der Waals surface area (Å²) in [5, 5.41) is 2.20. The molecule has 8 heteroatoms. The van der Waals surface area contributed by atoms with Gasteiger partial charge in [-0.1, -0.05) is 24.3 Å². The molecule has 0 unspecified atom stereocenters. The topological polar surface area (TPSA) is 58.2 Å². The number of anilines is 2. The lowest BCUT2D eigenvalue weighted by Gasteiger charge is -2.15. The van der Waals surface area contributed by atoms with Gasteiger partial charge in [0.1, 0.15) is 0 Å². The van der Waals surface area contributed by atoms with Crippen LogP contribution in [0.3, 0.4) is 0 Å². The Labute approximate surface area is 145 Å². The molecule has 0 heterocycles. The molecule has 0 aromatic heterocycles. The number of rotatable bonds is 6. The van der Waals surface area contributed by atoms with Crippen LogP contribution in [0.25, 0.3) is 0 Å². The predicted molar refractivity (Wildman–Crippen MR) is 92.9 cm³/mol. The van der Waals surface area contributed by atoms with Gasteiger partial charge in [-0.05, 0) is 43.7 Å². The smallest absolute Gasteiger partial charge is 0.380 e. The fourth-order valence-electron chi connectivity index (χ4n) is 2.05. The lowest BCUT2D eigenvalue weighted by atomic mass is 10.1. The van der Waals surface area contributed by atoms with Crippen molar-refractivity contribution in [2.45, 2.75) is 31.8 Å². The molecule has 136 valence electrons. The summed E-state index contributed by atoms with van der Waals surface area (Å²) in [6, 6.07) is 11.7. The van der Waals surface area contributed by atoms with E-state index in [2.05, 4.69) is 10.0 Å². The largest absolute Gasteiger partial charge is 0.418 e. The van der Waals surface area contributed by atoms with E-state index in [-0.39, 0.29) is 12.2 Å². The van der Waals surface area contributed by atoms with Crippen molar-refractivity contribution in [2.24, 2.45) is 0 Å². The van der Waals surface area contributed by atoms with Crippen LogP contribution in [0.15, 0.2) is 48.5 Å². The maximum atomic E-state index is 12.9. The molecule has 0 atom stereocenters. The van der Waals surface area contributed by atoms with Crippen LogP contribution < -0.4 is 10.0 Å². The summed E-state index contributed by atoms with van der Waals surface area (Å²) >= 11 is 0. The van der Waals surface area contributed by atoms with Crippen molar-refractivity contribution < 1.29 is 21.6 Å². The minimum absolute atomic E-state index is 0.000382. The summed E-state index contributed by atoms with van der Waals surface area (Å²) in [7, 11) is -3.43. The Hall–Kier alpha value is -2.22. The van der Waals surface area contributed by atoms with Gasteiger partial charge in [0.15, 0.2) is 0 Å². The van der Waals surface area contributed by atoms with Crippen molar-refractivity contribution >= 4 is 21.4 Å². The van der Waals surface area contributed by atoms with Gasteiger partial charge >= 0.3 is 6.18 Å². The molecule has 0 aliphatic heterocycles. The standard InChI is InChI=1S/C17H19F3N2O2S/c1-12(2)25(23,24)22-14-9-7-13(8-10-14)11-21-16-6-4-3-5-15(16)17(18,19)20/h3-10,12,21-22H,11H2,1-2H3. The van der Waals surface area contributed by atoms with Crippen LogP contribution in [0.1, 0.15) is 25.0 Å². The summed E-state index contributed by atoms with van der Waals surface area (Å²) in [6.45, 7) is 3.32. The second-order valence-corrected chi connectivity index (χ2v) is 8.03. The lowest BCUT2D eigenvalue weighted by molar-refractivity contribution is -0.137. The van der Waals surface area contributed by atoms with E-state index in [9.17, 15) is 21.6 Å². The van der Waals surface area contributed by atoms with Crippen molar-refractivity contribution in [3.05, 3.63) is 59.7 Å². The minimum atomic E-state index is -4.43. The SMILES string of the molecule is CC(C)S(=O)(=O)Nc1ccc(CNc2ccccc2C(F)(F)F)cc1. The van der Waals surface area contributed by atoms with Crippen LogP contribution in [0.4, 0.5) is 24.5 Å². The average Bonchev–Trinajstić information content (AvgIpc) is 2.53. The summed E-state index contributed by atoms with van der Waals surface area (Å²) in [6.07, 6.45) is -4.43.